The van der Waals surface area contributed by atoms with Crippen LogP contribution in [-0.2, 0) is 16.8 Å². The lowest BCUT2D eigenvalue weighted by atomic mass is 9.72. The highest BCUT2D eigenvalue weighted by atomic mass is 16.5. The molecule has 2 unspecified atom stereocenters. The van der Waals surface area contributed by atoms with Crippen molar-refractivity contribution < 1.29 is 19.7 Å². The minimum atomic E-state index is -1.02. The second-order valence-electron chi connectivity index (χ2n) is 11.3. The normalized spacial score (nSPS) is 17.1. The molecule has 0 saturated carbocycles. The first kappa shape index (κ1) is 29.0. The van der Waals surface area contributed by atoms with E-state index < -0.39 is 11.7 Å². The van der Waals surface area contributed by atoms with Crippen LogP contribution in [-0.4, -0.2) is 47.8 Å². The van der Waals surface area contributed by atoms with E-state index in [1.165, 1.54) is 12.7 Å². The molecule has 0 aliphatic carbocycles. The number of hydrogen-bond donors (Lipinski definition) is 2. The van der Waals surface area contributed by atoms with E-state index in [1.54, 1.807) is 24.3 Å². The van der Waals surface area contributed by atoms with Gasteiger partial charge in [-0.15, -0.1) is 0 Å². The summed E-state index contributed by atoms with van der Waals surface area (Å²) in [5.74, 6) is 0.356. The highest BCUT2D eigenvalue weighted by Gasteiger charge is 2.41. The van der Waals surface area contributed by atoms with Crippen LogP contribution in [0.15, 0.2) is 78.9 Å². The molecule has 39 heavy (non-hydrogen) atoms. The van der Waals surface area contributed by atoms with Gasteiger partial charge in [0, 0.05) is 0 Å². The number of carbonyl (C=O) groups is 1. The Labute approximate surface area is 233 Å². The summed E-state index contributed by atoms with van der Waals surface area (Å²) in [6.45, 7) is 7.22. The number of hydrogen-bond acceptors (Lipinski definition) is 5. The summed E-state index contributed by atoms with van der Waals surface area (Å²) < 4.78 is 4.74. The van der Waals surface area contributed by atoms with Gasteiger partial charge in [0.05, 0.1) is 18.8 Å². The topological polar surface area (TPSA) is 70.0 Å². The lowest BCUT2D eigenvalue weighted by Crippen LogP contribution is -2.44. The van der Waals surface area contributed by atoms with E-state index in [1.807, 2.05) is 30.3 Å². The smallest absolute Gasteiger partial charge is 0.337 e. The zero-order valence-corrected chi connectivity index (χ0v) is 23.6. The van der Waals surface area contributed by atoms with Crippen LogP contribution in [0.1, 0.15) is 78.2 Å². The van der Waals surface area contributed by atoms with Crippen LogP contribution in [0.25, 0.3) is 0 Å². The third kappa shape index (κ3) is 7.16. The number of esters is 1. The third-order valence-electron chi connectivity index (χ3n) is 8.10. The molecule has 208 valence electrons. The SMILES string of the molecule is COC(=O)c1ccc(C(O)CCCN2CCC(C(O)(c3ccccc3)c3ccc(CC(C)C)cc3)CC2)cc1. The lowest BCUT2D eigenvalue weighted by molar-refractivity contribution is -0.0146. The molecular formula is C34H43NO4. The Bertz CT molecular complexity index is 1170. The van der Waals surface area contributed by atoms with Gasteiger partial charge in [0.1, 0.15) is 5.60 Å². The first-order valence-corrected chi connectivity index (χ1v) is 14.3. The summed E-state index contributed by atoms with van der Waals surface area (Å²) in [6, 6.07) is 25.7. The van der Waals surface area contributed by atoms with Gasteiger partial charge in [-0.25, -0.2) is 4.79 Å². The molecule has 2 atom stereocenters. The van der Waals surface area contributed by atoms with Crippen LogP contribution in [0.3, 0.4) is 0 Å². The molecule has 1 heterocycles. The Morgan fingerprint density at radius 3 is 2.15 bits per heavy atom. The first-order chi connectivity index (χ1) is 18.8. The number of methoxy groups -OCH3 is 1. The molecule has 1 fully saturated rings. The standard InChI is InChI=1S/C34H43NO4/c1-25(2)24-26-11-17-30(18-12-26)34(38,29-8-5-4-6-9-29)31-19-22-35(23-20-31)21-7-10-32(36)27-13-15-28(16-14-27)33(37)39-3/h4-6,8-9,11-18,25,31-32,36,38H,7,10,19-24H2,1-3H3. The molecule has 4 rings (SSSR count). The van der Waals surface area contributed by atoms with Gasteiger partial charge >= 0.3 is 5.97 Å². The number of likely N-dealkylation sites (tertiary alicyclic amines) is 1. The van der Waals surface area contributed by atoms with Crippen molar-refractivity contribution in [1.29, 1.82) is 0 Å². The largest absolute Gasteiger partial charge is 0.465 e. The summed E-state index contributed by atoms with van der Waals surface area (Å²) >= 11 is 0. The Balaban J connectivity index is 1.35. The molecular weight excluding hydrogens is 486 g/mol. The minimum Gasteiger partial charge on any atom is -0.465 e. The molecule has 0 amide bonds. The fourth-order valence-electron chi connectivity index (χ4n) is 5.91. The summed E-state index contributed by atoms with van der Waals surface area (Å²) in [5.41, 5.74) is 3.52. The van der Waals surface area contributed by atoms with Crippen molar-refractivity contribution in [2.24, 2.45) is 11.8 Å². The van der Waals surface area contributed by atoms with Crippen molar-refractivity contribution in [2.75, 3.05) is 26.7 Å². The Morgan fingerprint density at radius 1 is 0.949 bits per heavy atom. The molecule has 5 nitrogen and oxygen atoms in total. The molecule has 1 aliphatic heterocycles. The zero-order valence-electron chi connectivity index (χ0n) is 23.6. The maximum Gasteiger partial charge on any atom is 0.337 e. The minimum absolute atomic E-state index is 0.131. The van der Waals surface area contributed by atoms with E-state index in [0.717, 1.165) is 62.0 Å². The Kier molecular flexibility index (Phi) is 9.95. The quantitative estimate of drug-likeness (QED) is 0.292. The van der Waals surface area contributed by atoms with Gasteiger partial charge in [-0.1, -0.05) is 80.6 Å². The van der Waals surface area contributed by atoms with Gasteiger partial charge in [0.2, 0.25) is 0 Å². The highest BCUT2D eigenvalue weighted by molar-refractivity contribution is 5.89. The number of benzene rings is 3. The van der Waals surface area contributed by atoms with Crippen LogP contribution in [0.4, 0.5) is 0 Å². The van der Waals surface area contributed by atoms with E-state index in [0.29, 0.717) is 17.9 Å². The molecule has 0 aromatic heterocycles. The number of carbonyl (C=O) groups excluding carboxylic acids is 1. The van der Waals surface area contributed by atoms with Crippen LogP contribution in [0.5, 0.6) is 0 Å². The zero-order chi connectivity index (χ0) is 27.8. The maximum absolute atomic E-state index is 12.3. The fraction of sp³-hybridized carbons (Fsp3) is 0.441. The Hall–Kier alpha value is -2.99. The molecule has 0 radical (unpaired) electrons. The van der Waals surface area contributed by atoms with E-state index in [9.17, 15) is 15.0 Å². The van der Waals surface area contributed by atoms with Crippen LogP contribution >= 0.6 is 0 Å². The van der Waals surface area contributed by atoms with Crippen LogP contribution in [0, 0.1) is 11.8 Å². The summed E-state index contributed by atoms with van der Waals surface area (Å²) in [4.78, 5) is 14.1. The predicted octanol–water partition coefficient (Wildman–Crippen LogP) is 6.13. The Morgan fingerprint density at radius 2 is 1.56 bits per heavy atom. The predicted molar refractivity (Wildman–Crippen MR) is 156 cm³/mol. The van der Waals surface area contributed by atoms with E-state index in [-0.39, 0.29) is 11.9 Å². The number of rotatable bonds is 11. The van der Waals surface area contributed by atoms with Crippen molar-refractivity contribution in [3.63, 3.8) is 0 Å². The molecule has 1 saturated heterocycles. The van der Waals surface area contributed by atoms with Gasteiger partial charge < -0.3 is 19.8 Å². The summed E-state index contributed by atoms with van der Waals surface area (Å²) in [5, 5.41) is 22.9. The van der Waals surface area contributed by atoms with Gasteiger partial charge in [0.25, 0.3) is 0 Å². The maximum atomic E-state index is 12.3. The molecule has 3 aromatic carbocycles. The van der Waals surface area contributed by atoms with Gasteiger partial charge in [-0.05, 0) is 98.0 Å². The van der Waals surface area contributed by atoms with Gasteiger partial charge in [0.15, 0.2) is 0 Å². The second kappa shape index (κ2) is 13.4. The number of piperidine rings is 1. The van der Waals surface area contributed by atoms with Crippen molar-refractivity contribution >= 4 is 5.97 Å². The van der Waals surface area contributed by atoms with Gasteiger partial charge in [-0.2, -0.15) is 0 Å². The van der Waals surface area contributed by atoms with E-state index >= 15 is 0 Å². The first-order valence-electron chi connectivity index (χ1n) is 14.3. The van der Waals surface area contributed by atoms with Gasteiger partial charge in [-0.3, -0.25) is 0 Å². The molecule has 5 heteroatoms. The molecule has 0 bridgehead atoms. The average Bonchev–Trinajstić information content (AvgIpc) is 2.97. The third-order valence-corrected chi connectivity index (χ3v) is 8.10. The molecule has 2 N–H and O–H groups in total. The second-order valence-corrected chi connectivity index (χ2v) is 11.3. The molecule has 3 aromatic rings. The lowest BCUT2D eigenvalue weighted by Gasteiger charge is -2.42. The van der Waals surface area contributed by atoms with E-state index in [2.05, 4.69) is 43.0 Å². The molecule has 0 spiro atoms. The van der Waals surface area contributed by atoms with Crippen LogP contribution < -0.4 is 0 Å². The van der Waals surface area contributed by atoms with Crippen molar-refractivity contribution in [3.05, 3.63) is 107 Å². The van der Waals surface area contributed by atoms with Crippen molar-refractivity contribution in [1.82, 2.24) is 4.90 Å². The molecule has 1 aliphatic rings. The number of ether oxygens (including phenoxy) is 1. The van der Waals surface area contributed by atoms with E-state index in [4.69, 9.17) is 4.74 Å². The van der Waals surface area contributed by atoms with Crippen molar-refractivity contribution in [3.8, 4) is 0 Å². The van der Waals surface area contributed by atoms with Crippen LogP contribution in [0.2, 0.25) is 0 Å². The number of aliphatic hydroxyl groups excluding tert-OH is 1. The fourth-order valence-corrected chi connectivity index (χ4v) is 5.91. The number of aliphatic hydroxyl groups is 2. The number of nitrogens with zero attached hydrogens (tertiary/aromatic N) is 1. The summed E-state index contributed by atoms with van der Waals surface area (Å²) in [6.07, 6.45) is 3.85. The summed E-state index contributed by atoms with van der Waals surface area (Å²) in [7, 11) is 1.36. The highest BCUT2D eigenvalue weighted by Crippen LogP contribution is 2.42. The average molecular weight is 530 g/mol. The van der Waals surface area contributed by atoms with Crippen molar-refractivity contribution in [2.45, 2.75) is 57.7 Å². The monoisotopic (exact) mass is 529 g/mol.